The van der Waals surface area contributed by atoms with Gasteiger partial charge in [0, 0.05) is 30.9 Å². The molecule has 1 aromatic heterocycles. The smallest absolute Gasteiger partial charge is 0.253 e. The number of aryl methyl sites for hydroxylation is 2. The van der Waals surface area contributed by atoms with Gasteiger partial charge in [-0.15, -0.1) is 0 Å². The molecule has 0 unspecified atom stereocenters. The van der Waals surface area contributed by atoms with Crippen molar-refractivity contribution in [1.82, 2.24) is 19.8 Å². The highest BCUT2D eigenvalue weighted by molar-refractivity contribution is 5.98. The van der Waals surface area contributed by atoms with E-state index in [2.05, 4.69) is 81.0 Å². The van der Waals surface area contributed by atoms with Gasteiger partial charge in [0.05, 0.1) is 11.0 Å². The lowest BCUT2D eigenvalue weighted by molar-refractivity contribution is 0.0741. The summed E-state index contributed by atoms with van der Waals surface area (Å²) >= 11 is 0. The van der Waals surface area contributed by atoms with Crippen molar-refractivity contribution in [3.8, 4) is 0 Å². The molecule has 0 fully saturated rings. The maximum absolute atomic E-state index is 13.7. The fraction of sp³-hybridized carbons (Fsp3) is 0.562. The first kappa shape index (κ1) is 29.7. The van der Waals surface area contributed by atoms with Crippen LogP contribution < -0.4 is 10.6 Å². The van der Waals surface area contributed by atoms with Crippen molar-refractivity contribution in [2.75, 3.05) is 31.5 Å². The Balaban J connectivity index is 1.91. The average molecular weight is 520 g/mol. The zero-order chi connectivity index (χ0) is 27.5. The highest BCUT2D eigenvalue weighted by atomic mass is 16.2. The fourth-order valence-corrected chi connectivity index (χ4v) is 4.52. The number of imidazole rings is 1. The maximum Gasteiger partial charge on any atom is 0.253 e. The highest BCUT2D eigenvalue weighted by Crippen LogP contribution is 2.25. The first-order valence-corrected chi connectivity index (χ1v) is 14.7. The molecular formula is C32H49N5O. The lowest BCUT2D eigenvalue weighted by atomic mass is 10.1. The molecule has 0 bridgehead atoms. The molecule has 6 heteroatoms. The molecule has 6 nitrogen and oxygen atoms in total. The first-order chi connectivity index (χ1) is 18.3. The lowest BCUT2D eigenvalue weighted by Crippen LogP contribution is -2.34. The third-order valence-corrected chi connectivity index (χ3v) is 7.02. The minimum Gasteiger partial charge on any atom is -0.339 e. The summed E-state index contributed by atoms with van der Waals surface area (Å²) in [5.74, 6) is 2.07. The Bertz CT molecular complexity index is 1120. The Kier molecular flexibility index (Phi) is 11.7. The number of fused-ring (bicyclic) bond motifs is 1. The second-order valence-electron chi connectivity index (χ2n) is 11.2. The van der Waals surface area contributed by atoms with Crippen LogP contribution in [0.3, 0.4) is 0 Å². The van der Waals surface area contributed by atoms with Crippen molar-refractivity contribution in [2.45, 2.75) is 80.2 Å². The number of amides is 1. The summed E-state index contributed by atoms with van der Waals surface area (Å²) in [6.07, 6.45) is 5.16. The Morgan fingerprint density at radius 1 is 0.947 bits per heavy atom. The number of nitrogens with one attached hydrogen (secondary N) is 2. The number of carbonyl (C=O) groups is 1. The van der Waals surface area contributed by atoms with E-state index in [1.807, 2.05) is 23.1 Å². The molecule has 0 saturated heterocycles. The summed E-state index contributed by atoms with van der Waals surface area (Å²) in [5, 5.41) is 7.04. The van der Waals surface area contributed by atoms with Gasteiger partial charge in [-0.05, 0) is 92.9 Å². The van der Waals surface area contributed by atoms with Crippen molar-refractivity contribution in [3.63, 3.8) is 0 Å². The summed E-state index contributed by atoms with van der Waals surface area (Å²) in [7, 11) is 0. The monoisotopic (exact) mass is 519 g/mol. The molecule has 0 atom stereocenters. The molecule has 0 saturated carbocycles. The molecule has 0 radical (unpaired) electrons. The standard InChI is InChI=1S/C32H49N5O/c1-7-18-33-19-9-20-37-30-23-27(31(38)36(21-16-24(3)4)22-17-25(5)6)12-15-29(30)35-32(37)34-28-13-10-26(8-2)11-14-28/h10-15,23-25,33H,7-9,16-22H2,1-6H3,(H,34,35). The van der Waals surface area contributed by atoms with Gasteiger partial charge in [0.1, 0.15) is 0 Å². The molecule has 3 rings (SSSR count). The number of aromatic nitrogens is 2. The molecule has 3 aromatic rings. The first-order valence-electron chi connectivity index (χ1n) is 14.7. The van der Waals surface area contributed by atoms with Crippen LogP contribution in [0.2, 0.25) is 0 Å². The summed E-state index contributed by atoms with van der Waals surface area (Å²) in [6, 6.07) is 14.5. The molecule has 1 heterocycles. The van der Waals surface area contributed by atoms with Gasteiger partial charge in [-0.3, -0.25) is 4.79 Å². The van der Waals surface area contributed by atoms with Crippen molar-refractivity contribution >= 4 is 28.6 Å². The van der Waals surface area contributed by atoms with Gasteiger partial charge in [-0.1, -0.05) is 53.7 Å². The Morgan fingerprint density at radius 3 is 2.24 bits per heavy atom. The Morgan fingerprint density at radius 2 is 1.63 bits per heavy atom. The quantitative estimate of drug-likeness (QED) is 0.195. The topological polar surface area (TPSA) is 62.2 Å². The van der Waals surface area contributed by atoms with Gasteiger partial charge in [-0.2, -0.15) is 0 Å². The normalized spacial score (nSPS) is 11.6. The summed E-state index contributed by atoms with van der Waals surface area (Å²) in [4.78, 5) is 20.7. The van der Waals surface area contributed by atoms with Gasteiger partial charge < -0.3 is 20.1 Å². The van der Waals surface area contributed by atoms with Crippen LogP contribution in [0.15, 0.2) is 42.5 Å². The van der Waals surface area contributed by atoms with Crippen LogP contribution in [0.1, 0.15) is 83.1 Å². The van der Waals surface area contributed by atoms with Crippen LogP contribution in [-0.2, 0) is 13.0 Å². The third kappa shape index (κ3) is 8.59. The predicted molar refractivity (Wildman–Crippen MR) is 161 cm³/mol. The van der Waals surface area contributed by atoms with Gasteiger partial charge in [0.2, 0.25) is 5.95 Å². The SMILES string of the molecule is CCCNCCCn1c(Nc2ccc(CC)cc2)nc2ccc(C(=O)N(CCC(C)C)CCC(C)C)cc21. The van der Waals surface area contributed by atoms with Crippen molar-refractivity contribution in [2.24, 2.45) is 11.8 Å². The predicted octanol–water partition coefficient (Wildman–Crippen LogP) is 7.27. The van der Waals surface area contributed by atoms with Crippen molar-refractivity contribution in [3.05, 3.63) is 53.6 Å². The molecule has 0 aliphatic heterocycles. The minimum absolute atomic E-state index is 0.121. The molecule has 0 aliphatic carbocycles. The molecule has 0 spiro atoms. The van der Waals surface area contributed by atoms with E-state index in [4.69, 9.17) is 4.98 Å². The number of hydrogen-bond donors (Lipinski definition) is 2. The molecule has 38 heavy (non-hydrogen) atoms. The number of rotatable bonds is 16. The molecule has 2 aromatic carbocycles. The van der Waals surface area contributed by atoms with Crippen LogP contribution in [0.5, 0.6) is 0 Å². The van der Waals surface area contributed by atoms with Crippen LogP contribution in [0.4, 0.5) is 11.6 Å². The van der Waals surface area contributed by atoms with Gasteiger partial charge in [-0.25, -0.2) is 4.98 Å². The number of benzene rings is 2. The van der Waals surface area contributed by atoms with E-state index < -0.39 is 0 Å². The van der Waals surface area contributed by atoms with Crippen molar-refractivity contribution in [1.29, 1.82) is 0 Å². The molecular weight excluding hydrogens is 470 g/mol. The van der Waals surface area contributed by atoms with Crippen LogP contribution in [0, 0.1) is 11.8 Å². The molecule has 2 N–H and O–H groups in total. The summed E-state index contributed by atoms with van der Waals surface area (Å²) in [5.41, 5.74) is 4.99. The molecule has 208 valence electrons. The number of hydrogen-bond acceptors (Lipinski definition) is 4. The number of nitrogens with zero attached hydrogens (tertiary/aromatic N) is 3. The van der Waals surface area contributed by atoms with Crippen LogP contribution in [0.25, 0.3) is 11.0 Å². The van der Waals surface area contributed by atoms with Crippen molar-refractivity contribution < 1.29 is 4.79 Å². The number of carbonyl (C=O) groups excluding carboxylic acids is 1. The van der Waals surface area contributed by atoms with E-state index in [1.54, 1.807) is 0 Å². The highest BCUT2D eigenvalue weighted by Gasteiger charge is 2.19. The fourth-order valence-electron chi connectivity index (χ4n) is 4.52. The van der Waals surface area contributed by atoms with E-state index >= 15 is 0 Å². The molecule has 0 aliphatic rings. The van der Waals surface area contributed by atoms with E-state index in [0.717, 1.165) is 93.1 Å². The zero-order valence-corrected chi connectivity index (χ0v) is 24.5. The number of anilines is 2. The summed E-state index contributed by atoms with van der Waals surface area (Å²) in [6.45, 7) is 17.6. The Labute approximate surface area is 230 Å². The lowest BCUT2D eigenvalue weighted by Gasteiger charge is -2.24. The van der Waals surface area contributed by atoms with E-state index in [1.165, 1.54) is 5.56 Å². The van der Waals surface area contributed by atoms with E-state index in [-0.39, 0.29) is 5.91 Å². The average Bonchev–Trinajstić information content (AvgIpc) is 3.24. The van der Waals surface area contributed by atoms with Gasteiger partial charge in [0.25, 0.3) is 5.91 Å². The second-order valence-corrected chi connectivity index (χ2v) is 11.2. The second kappa shape index (κ2) is 14.9. The van der Waals surface area contributed by atoms with Crippen LogP contribution in [-0.4, -0.2) is 46.5 Å². The third-order valence-electron chi connectivity index (χ3n) is 7.02. The minimum atomic E-state index is 0.121. The van der Waals surface area contributed by atoms with E-state index in [9.17, 15) is 4.79 Å². The largest absolute Gasteiger partial charge is 0.339 e. The van der Waals surface area contributed by atoms with E-state index in [0.29, 0.717) is 11.8 Å². The molecule has 1 amide bonds. The maximum atomic E-state index is 13.7. The Hall–Kier alpha value is -2.86. The van der Waals surface area contributed by atoms with Crippen LogP contribution >= 0.6 is 0 Å². The van der Waals surface area contributed by atoms with Gasteiger partial charge in [0.15, 0.2) is 0 Å². The van der Waals surface area contributed by atoms with Gasteiger partial charge >= 0.3 is 0 Å². The summed E-state index contributed by atoms with van der Waals surface area (Å²) < 4.78 is 2.24. The zero-order valence-electron chi connectivity index (χ0n) is 24.5.